The van der Waals surface area contributed by atoms with Crippen LogP contribution in [0.15, 0.2) is 29.1 Å². The predicted molar refractivity (Wildman–Crippen MR) is 107 cm³/mol. The largest absolute Gasteiger partial charge is 0.390 e. The van der Waals surface area contributed by atoms with Gasteiger partial charge in [0.15, 0.2) is 5.65 Å². The lowest BCUT2D eigenvalue weighted by Gasteiger charge is -2.23. The fraction of sp³-hybridized carbons (Fsp3) is 0.450. The van der Waals surface area contributed by atoms with Gasteiger partial charge in [0, 0.05) is 26.6 Å². The molecule has 0 amide bonds. The maximum absolute atomic E-state index is 13.6. The first kappa shape index (κ1) is 20.9. The molecule has 2 aromatic heterocycles. The SMILES string of the molecule is CC(C)[C@H](c1ccc(C(C)(F)F)cc1)n1nc(CO)c2c(=O)[nH]c(N(C)C)nc21. The number of hydrogen-bond donors (Lipinski definition) is 2. The van der Waals surface area contributed by atoms with Crippen LogP contribution >= 0.6 is 0 Å². The molecule has 9 heteroatoms. The number of nitrogens with one attached hydrogen (secondary N) is 1. The van der Waals surface area contributed by atoms with Crippen molar-refractivity contribution in [3.63, 3.8) is 0 Å². The van der Waals surface area contributed by atoms with E-state index in [1.165, 1.54) is 12.1 Å². The van der Waals surface area contributed by atoms with Crippen LogP contribution in [0.3, 0.4) is 0 Å². The highest BCUT2D eigenvalue weighted by molar-refractivity contribution is 5.78. The van der Waals surface area contributed by atoms with Crippen molar-refractivity contribution >= 4 is 17.0 Å². The van der Waals surface area contributed by atoms with Crippen LogP contribution in [0.1, 0.15) is 43.6 Å². The molecule has 0 unspecified atom stereocenters. The van der Waals surface area contributed by atoms with Crippen LogP contribution in [0.5, 0.6) is 0 Å². The van der Waals surface area contributed by atoms with Crippen LogP contribution in [0.25, 0.3) is 11.0 Å². The summed E-state index contributed by atoms with van der Waals surface area (Å²) in [6, 6.07) is 5.72. The van der Waals surface area contributed by atoms with Crippen LogP contribution in [-0.2, 0) is 12.5 Å². The Morgan fingerprint density at radius 3 is 2.34 bits per heavy atom. The molecule has 0 spiro atoms. The summed E-state index contributed by atoms with van der Waals surface area (Å²) in [4.78, 5) is 21.5. The van der Waals surface area contributed by atoms with Gasteiger partial charge < -0.3 is 10.0 Å². The number of fused-ring (bicyclic) bond motifs is 1. The van der Waals surface area contributed by atoms with Crippen molar-refractivity contribution in [2.75, 3.05) is 19.0 Å². The van der Waals surface area contributed by atoms with Gasteiger partial charge in [-0.3, -0.25) is 9.78 Å². The van der Waals surface area contributed by atoms with E-state index in [4.69, 9.17) is 0 Å². The van der Waals surface area contributed by atoms with Gasteiger partial charge in [0.05, 0.1) is 12.6 Å². The van der Waals surface area contributed by atoms with Gasteiger partial charge in [-0.05, 0) is 11.5 Å². The molecule has 0 fully saturated rings. The first-order valence-corrected chi connectivity index (χ1v) is 9.32. The van der Waals surface area contributed by atoms with Gasteiger partial charge in [-0.15, -0.1) is 0 Å². The van der Waals surface area contributed by atoms with Gasteiger partial charge in [0.25, 0.3) is 11.5 Å². The van der Waals surface area contributed by atoms with E-state index >= 15 is 0 Å². The van der Waals surface area contributed by atoms with E-state index in [0.29, 0.717) is 11.6 Å². The zero-order valence-electron chi connectivity index (χ0n) is 17.1. The number of nitrogens with zero attached hydrogens (tertiary/aromatic N) is 4. The second-order valence-corrected chi connectivity index (χ2v) is 7.73. The van der Waals surface area contributed by atoms with Crippen molar-refractivity contribution in [1.82, 2.24) is 19.7 Å². The average molecular weight is 405 g/mol. The Balaban J connectivity index is 2.23. The molecule has 0 aliphatic carbocycles. The summed E-state index contributed by atoms with van der Waals surface area (Å²) in [7, 11) is 3.50. The standard InChI is InChI=1S/C20H25F2N5O2/c1-11(2)16(12-6-8-13(9-7-12)20(3,21)22)27-17-15(14(10-28)25-27)18(29)24-19(23-17)26(4)5/h6-9,11,16,28H,10H2,1-5H3,(H,23,24,29)/t16-/m1/s1. The van der Waals surface area contributed by atoms with E-state index in [9.17, 15) is 18.7 Å². The molecule has 3 aromatic rings. The molecule has 0 saturated heterocycles. The molecule has 0 radical (unpaired) electrons. The maximum Gasteiger partial charge on any atom is 0.270 e. The van der Waals surface area contributed by atoms with Crippen molar-refractivity contribution in [3.8, 4) is 0 Å². The maximum atomic E-state index is 13.6. The number of aromatic nitrogens is 4. The Kier molecular flexibility index (Phi) is 5.44. The van der Waals surface area contributed by atoms with Crippen molar-refractivity contribution in [2.45, 2.75) is 39.3 Å². The highest BCUT2D eigenvalue weighted by Gasteiger charge is 2.28. The molecule has 0 bridgehead atoms. The molecular weight excluding hydrogens is 380 g/mol. The lowest BCUT2D eigenvalue weighted by atomic mass is 9.94. The molecule has 2 heterocycles. The number of anilines is 1. The van der Waals surface area contributed by atoms with E-state index in [0.717, 1.165) is 12.5 Å². The number of alkyl halides is 2. The number of aliphatic hydroxyl groups is 1. The Morgan fingerprint density at radius 2 is 1.86 bits per heavy atom. The van der Waals surface area contributed by atoms with Crippen molar-refractivity contribution in [2.24, 2.45) is 5.92 Å². The minimum atomic E-state index is -2.93. The minimum Gasteiger partial charge on any atom is -0.390 e. The summed E-state index contributed by atoms with van der Waals surface area (Å²) in [5.74, 6) is -2.55. The van der Waals surface area contributed by atoms with Gasteiger partial charge in [0.2, 0.25) is 5.95 Å². The molecule has 1 aromatic carbocycles. The topological polar surface area (TPSA) is 87.0 Å². The molecular formula is C20H25F2N5O2. The van der Waals surface area contributed by atoms with Crippen LogP contribution in [-0.4, -0.2) is 39.0 Å². The normalized spacial score (nSPS) is 13.3. The zero-order chi connectivity index (χ0) is 21.5. The molecule has 0 aliphatic heterocycles. The number of aliphatic hydroxyl groups excluding tert-OH is 1. The zero-order valence-corrected chi connectivity index (χ0v) is 17.1. The van der Waals surface area contributed by atoms with Crippen LogP contribution < -0.4 is 10.5 Å². The van der Waals surface area contributed by atoms with Crippen LogP contribution in [0, 0.1) is 5.92 Å². The second kappa shape index (κ2) is 7.55. The van der Waals surface area contributed by atoms with Gasteiger partial charge >= 0.3 is 0 Å². The molecule has 0 aliphatic rings. The highest BCUT2D eigenvalue weighted by Crippen LogP contribution is 2.32. The predicted octanol–water partition coefficient (Wildman–Crippen LogP) is 3.04. The fourth-order valence-electron chi connectivity index (χ4n) is 3.40. The number of halogens is 2. The summed E-state index contributed by atoms with van der Waals surface area (Å²) in [5, 5.41) is 14.4. The summed E-state index contributed by atoms with van der Waals surface area (Å²) in [5.41, 5.74) is 0.856. The number of H-pyrrole nitrogens is 1. The summed E-state index contributed by atoms with van der Waals surface area (Å²) >= 11 is 0. The lowest BCUT2D eigenvalue weighted by molar-refractivity contribution is 0.0174. The molecule has 156 valence electrons. The first-order valence-electron chi connectivity index (χ1n) is 9.32. The second-order valence-electron chi connectivity index (χ2n) is 7.73. The quantitative estimate of drug-likeness (QED) is 0.658. The Hall–Kier alpha value is -2.81. The smallest absolute Gasteiger partial charge is 0.270 e. The number of rotatable bonds is 6. The molecule has 2 N–H and O–H groups in total. The van der Waals surface area contributed by atoms with Gasteiger partial charge in [-0.2, -0.15) is 10.1 Å². The van der Waals surface area contributed by atoms with E-state index in [2.05, 4.69) is 15.1 Å². The summed E-state index contributed by atoms with van der Waals surface area (Å²) < 4.78 is 28.8. The van der Waals surface area contributed by atoms with Gasteiger partial charge in [-0.25, -0.2) is 13.5 Å². The van der Waals surface area contributed by atoms with Crippen molar-refractivity contribution < 1.29 is 13.9 Å². The lowest BCUT2D eigenvalue weighted by Crippen LogP contribution is -2.22. The minimum absolute atomic E-state index is 0.0153. The number of hydrogen-bond acceptors (Lipinski definition) is 5. The number of aromatic amines is 1. The highest BCUT2D eigenvalue weighted by atomic mass is 19.3. The Bertz CT molecular complexity index is 1070. The molecule has 29 heavy (non-hydrogen) atoms. The molecule has 1 atom stereocenters. The van der Waals surface area contributed by atoms with Crippen LogP contribution in [0.2, 0.25) is 0 Å². The Morgan fingerprint density at radius 1 is 1.24 bits per heavy atom. The van der Waals surface area contributed by atoms with Crippen molar-refractivity contribution in [1.29, 1.82) is 0 Å². The van der Waals surface area contributed by atoms with E-state index in [-0.39, 0.29) is 28.6 Å². The molecule has 7 nitrogen and oxygen atoms in total. The summed E-state index contributed by atoms with van der Waals surface area (Å²) in [6.07, 6.45) is 0. The fourth-order valence-corrected chi connectivity index (χ4v) is 3.40. The third kappa shape index (κ3) is 3.87. The average Bonchev–Trinajstić information content (AvgIpc) is 3.00. The van der Waals surface area contributed by atoms with E-state index in [1.54, 1.807) is 35.8 Å². The van der Waals surface area contributed by atoms with Crippen molar-refractivity contribution in [3.05, 3.63) is 51.4 Å². The number of benzene rings is 1. The van der Waals surface area contributed by atoms with E-state index in [1.807, 2.05) is 13.8 Å². The van der Waals surface area contributed by atoms with Gasteiger partial charge in [0.1, 0.15) is 11.1 Å². The molecule has 3 rings (SSSR count). The summed E-state index contributed by atoms with van der Waals surface area (Å²) in [6.45, 7) is 4.38. The Labute approximate surface area is 167 Å². The van der Waals surface area contributed by atoms with Gasteiger partial charge in [-0.1, -0.05) is 38.1 Å². The molecule has 0 saturated carbocycles. The van der Waals surface area contributed by atoms with Crippen LogP contribution in [0.4, 0.5) is 14.7 Å². The first-order chi connectivity index (χ1) is 13.5. The third-order valence-corrected chi connectivity index (χ3v) is 4.85. The van der Waals surface area contributed by atoms with E-state index < -0.39 is 18.1 Å². The monoisotopic (exact) mass is 405 g/mol. The third-order valence-electron chi connectivity index (χ3n) is 4.85.